The van der Waals surface area contributed by atoms with Crippen LogP contribution in [0, 0.1) is 53.4 Å². The maximum Gasteiger partial charge on any atom is 0.0159 e. The minimum absolute atomic E-state index is 0.0888. The molecule has 2 atom stereocenters. The van der Waals surface area contributed by atoms with E-state index < -0.39 is 0 Å². The first-order chi connectivity index (χ1) is 28.8. The smallest absolute Gasteiger partial charge is 0.0159 e. The average molecular weight is 785 g/mol. The maximum atomic E-state index is 2.40. The Balaban J connectivity index is 0.000000128. The molecule has 0 spiro atoms. The second-order valence-corrected chi connectivity index (χ2v) is 18.2. The van der Waals surface area contributed by atoms with E-state index in [-0.39, 0.29) is 5.41 Å². The summed E-state index contributed by atoms with van der Waals surface area (Å²) >= 11 is 0. The number of allylic oxidation sites excluding steroid dienone is 4. The van der Waals surface area contributed by atoms with Crippen LogP contribution in [-0.4, -0.2) is 0 Å². The molecule has 0 bridgehead atoms. The van der Waals surface area contributed by atoms with Gasteiger partial charge in [-0.1, -0.05) is 208 Å². The van der Waals surface area contributed by atoms with Crippen molar-refractivity contribution in [3.8, 4) is 22.3 Å². The number of benzene rings is 7. The van der Waals surface area contributed by atoms with E-state index in [9.17, 15) is 0 Å². The highest BCUT2D eigenvalue weighted by Crippen LogP contribution is 2.52. The highest BCUT2D eigenvalue weighted by atomic mass is 14.4. The van der Waals surface area contributed by atoms with Crippen LogP contribution >= 0.6 is 0 Å². The molecule has 3 aliphatic carbocycles. The fourth-order valence-corrected chi connectivity index (χ4v) is 9.53. The number of hydrogen-bond donors (Lipinski definition) is 0. The Morgan fingerprint density at radius 3 is 1.67 bits per heavy atom. The molecule has 0 aromatic heterocycles. The molecule has 60 heavy (non-hydrogen) atoms. The van der Waals surface area contributed by atoms with Gasteiger partial charge < -0.3 is 0 Å². The molecule has 3 aliphatic rings. The van der Waals surface area contributed by atoms with E-state index >= 15 is 0 Å². The highest BCUT2D eigenvalue weighted by molar-refractivity contribution is 6.03. The fourth-order valence-electron chi connectivity index (χ4n) is 9.53. The van der Waals surface area contributed by atoms with Crippen LogP contribution in [0.3, 0.4) is 0 Å². The van der Waals surface area contributed by atoms with Crippen molar-refractivity contribution < 1.29 is 0 Å². The second-order valence-electron chi connectivity index (χ2n) is 18.2. The van der Waals surface area contributed by atoms with E-state index in [4.69, 9.17) is 0 Å². The van der Waals surface area contributed by atoms with Gasteiger partial charge in [0.15, 0.2) is 0 Å². The van der Waals surface area contributed by atoms with Crippen LogP contribution in [0.15, 0.2) is 163 Å². The van der Waals surface area contributed by atoms with Gasteiger partial charge in [0.1, 0.15) is 0 Å². The van der Waals surface area contributed by atoms with Gasteiger partial charge in [0.25, 0.3) is 0 Å². The Labute approximate surface area is 361 Å². The van der Waals surface area contributed by atoms with E-state index in [1.807, 2.05) is 18.2 Å². The molecule has 0 radical (unpaired) electrons. The number of hydrogen-bond acceptors (Lipinski definition) is 0. The summed E-state index contributed by atoms with van der Waals surface area (Å²) in [4.78, 5) is 0. The van der Waals surface area contributed by atoms with Crippen LogP contribution < -0.4 is 0 Å². The molecule has 0 fully saturated rings. The topological polar surface area (TPSA) is 0 Å². The summed E-state index contributed by atoms with van der Waals surface area (Å²) in [6.45, 7) is 22.4. The summed E-state index contributed by atoms with van der Waals surface area (Å²) in [6, 6.07) is 52.3. The third kappa shape index (κ3) is 9.05. The molecule has 7 aromatic carbocycles. The SMILES string of the molecule is Cc1ccc2c(c1)C(C)(C)c1cc(C)c3ccccc3c1-2.Cc1ccc2c(c1)CC(C)C1=C2C=CC(C)CC1.Cc1ccccc1.Cc1ccccc1-c1ccccc1C. The van der Waals surface area contributed by atoms with Crippen LogP contribution in [0.25, 0.3) is 38.6 Å². The third-order valence-corrected chi connectivity index (χ3v) is 13.0. The Morgan fingerprint density at radius 2 is 1.05 bits per heavy atom. The quantitative estimate of drug-likeness (QED) is 0.156. The number of aryl methyl sites for hydroxylation is 6. The zero-order chi connectivity index (χ0) is 42.6. The maximum absolute atomic E-state index is 2.40. The van der Waals surface area contributed by atoms with Gasteiger partial charge in [0.05, 0.1) is 0 Å². The van der Waals surface area contributed by atoms with E-state index in [1.54, 1.807) is 11.1 Å². The van der Waals surface area contributed by atoms with Gasteiger partial charge in [-0.15, -0.1) is 0 Å². The zero-order valence-corrected chi connectivity index (χ0v) is 37.8. The van der Waals surface area contributed by atoms with Gasteiger partial charge in [-0.3, -0.25) is 0 Å². The van der Waals surface area contributed by atoms with Gasteiger partial charge in [-0.25, -0.2) is 0 Å². The normalized spacial score (nSPS) is 16.6. The fraction of sp³-hybridized carbons (Fsp3) is 0.267. The first-order valence-electron chi connectivity index (χ1n) is 22.1. The lowest BCUT2D eigenvalue weighted by Gasteiger charge is -2.27. The van der Waals surface area contributed by atoms with E-state index in [2.05, 4.69) is 209 Å². The Hall–Kier alpha value is -5.72. The molecule has 0 N–H and O–H groups in total. The van der Waals surface area contributed by atoms with Crippen molar-refractivity contribution in [1.82, 2.24) is 0 Å². The molecule has 10 rings (SSSR count). The van der Waals surface area contributed by atoms with Crippen LogP contribution in [0.1, 0.15) is 96.2 Å². The summed E-state index contributed by atoms with van der Waals surface area (Å²) in [5.41, 5.74) is 22.9. The third-order valence-electron chi connectivity index (χ3n) is 13.0. The molecule has 0 heteroatoms. The largest absolute Gasteiger partial charge is 0.0811 e. The molecule has 0 heterocycles. The first-order valence-corrected chi connectivity index (χ1v) is 22.1. The molecule has 0 amide bonds. The molecule has 0 saturated heterocycles. The van der Waals surface area contributed by atoms with Crippen LogP contribution in [-0.2, 0) is 11.8 Å². The molecule has 304 valence electrons. The van der Waals surface area contributed by atoms with E-state index in [0.717, 1.165) is 5.92 Å². The monoisotopic (exact) mass is 785 g/mol. The van der Waals surface area contributed by atoms with E-state index in [0.29, 0.717) is 5.92 Å². The summed E-state index contributed by atoms with van der Waals surface area (Å²) in [7, 11) is 0. The Kier molecular flexibility index (Phi) is 12.9. The molecule has 2 unspecified atom stereocenters. The Morgan fingerprint density at radius 1 is 0.483 bits per heavy atom. The summed E-state index contributed by atoms with van der Waals surface area (Å²) < 4.78 is 0. The van der Waals surface area contributed by atoms with Gasteiger partial charge >= 0.3 is 0 Å². The van der Waals surface area contributed by atoms with E-state index in [1.165, 1.54) is 108 Å². The predicted molar refractivity (Wildman–Crippen MR) is 262 cm³/mol. The molecule has 0 saturated carbocycles. The highest BCUT2D eigenvalue weighted by Gasteiger charge is 2.36. The van der Waals surface area contributed by atoms with Crippen LogP contribution in [0.2, 0.25) is 0 Å². The first kappa shape index (κ1) is 42.4. The summed E-state index contributed by atoms with van der Waals surface area (Å²) in [5.74, 6) is 1.43. The lowest BCUT2D eigenvalue weighted by Crippen LogP contribution is -2.15. The Bertz CT molecular complexity index is 2640. The van der Waals surface area contributed by atoms with Crippen molar-refractivity contribution in [1.29, 1.82) is 0 Å². The van der Waals surface area contributed by atoms with Crippen molar-refractivity contribution in [2.24, 2.45) is 11.8 Å². The molecular formula is C60H64. The molecular weight excluding hydrogens is 721 g/mol. The predicted octanol–water partition coefficient (Wildman–Crippen LogP) is 16.7. The molecule has 0 nitrogen and oxygen atoms in total. The van der Waals surface area contributed by atoms with Crippen molar-refractivity contribution >= 4 is 16.3 Å². The minimum atomic E-state index is 0.0888. The lowest BCUT2D eigenvalue weighted by atomic mass is 9.78. The number of rotatable bonds is 1. The van der Waals surface area contributed by atoms with Gasteiger partial charge in [0.2, 0.25) is 0 Å². The van der Waals surface area contributed by atoms with Gasteiger partial charge in [-0.05, 0) is 150 Å². The minimum Gasteiger partial charge on any atom is -0.0811 e. The van der Waals surface area contributed by atoms with Gasteiger partial charge in [-0.2, -0.15) is 0 Å². The van der Waals surface area contributed by atoms with Crippen LogP contribution in [0.5, 0.6) is 0 Å². The van der Waals surface area contributed by atoms with Crippen molar-refractivity contribution in [3.05, 3.63) is 219 Å². The standard InChI is InChI=1S/C21H20.C18H22.C14H14.C7H8/c1-13-9-10-17-18(11-13)21(3,4)19-12-14(2)15-7-5-6-8-16(15)20(17)19;1-12-4-7-16-14(3)11-15-10-13(2)6-8-17(15)18(16)9-5-12;1-11-7-3-5-9-13(11)14-10-6-4-8-12(14)2;1-7-5-3-2-4-6-7/h5-12H,1-4H3;5-6,8-10,12,14H,4,7,11H2,1-3H3;3-10H,1-2H3;2-6H,1H3. The summed E-state index contributed by atoms with van der Waals surface area (Å²) in [6.07, 6.45) is 8.58. The zero-order valence-electron chi connectivity index (χ0n) is 37.8. The van der Waals surface area contributed by atoms with Crippen molar-refractivity contribution in [3.63, 3.8) is 0 Å². The lowest BCUT2D eigenvalue weighted by molar-refractivity contribution is 0.581. The summed E-state index contributed by atoms with van der Waals surface area (Å²) in [5, 5.41) is 2.77. The molecule has 7 aromatic rings. The molecule has 0 aliphatic heterocycles. The second kappa shape index (κ2) is 18.3. The average Bonchev–Trinajstić information content (AvgIpc) is 3.32. The van der Waals surface area contributed by atoms with Crippen LogP contribution in [0.4, 0.5) is 0 Å². The number of fused-ring (bicyclic) bond motifs is 7. The van der Waals surface area contributed by atoms with Crippen molar-refractivity contribution in [2.75, 3.05) is 0 Å². The van der Waals surface area contributed by atoms with Crippen molar-refractivity contribution in [2.45, 2.75) is 93.9 Å². The van der Waals surface area contributed by atoms with Gasteiger partial charge in [0, 0.05) is 5.41 Å².